The summed E-state index contributed by atoms with van der Waals surface area (Å²) < 4.78 is 0. The van der Waals surface area contributed by atoms with Crippen molar-refractivity contribution in [2.75, 3.05) is 13.2 Å². The molecule has 1 rings (SSSR count). The third-order valence-electron chi connectivity index (χ3n) is 3.24. The molecule has 0 aromatic carbocycles. The molecule has 0 aromatic rings. The molecule has 1 aliphatic heterocycles. The lowest BCUT2D eigenvalue weighted by Crippen LogP contribution is -2.53. The Labute approximate surface area is 102 Å². The Morgan fingerprint density at radius 2 is 1.88 bits per heavy atom. The lowest BCUT2D eigenvalue weighted by molar-refractivity contribution is -0.150. The molecule has 1 aliphatic rings. The Morgan fingerprint density at radius 1 is 1.29 bits per heavy atom. The number of hydrogen-bond acceptors (Lipinski definition) is 3. The highest BCUT2D eigenvalue weighted by Crippen LogP contribution is 2.22. The minimum absolute atomic E-state index is 0.0188. The summed E-state index contributed by atoms with van der Waals surface area (Å²) >= 11 is 0. The van der Waals surface area contributed by atoms with Gasteiger partial charge in [-0.3, -0.25) is 9.59 Å². The van der Waals surface area contributed by atoms with Crippen LogP contribution in [-0.4, -0.2) is 47.1 Å². The second kappa shape index (κ2) is 6.59. The van der Waals surface area contributed by atoms with E-state index in [0.717, 1.165) is 19.3 Å². The van der Waals surface area contributed by atoms with Crippen LogP contribution in [0.25, 0.3) is 0 Å². The first-order valence-corrected chi connectivity index (χ1v) is 6.29. The molecule has 1 fully saturated rings. The fraction of sp³-hybridized carbons (Fsp3) is 0.833. The fourth-order valence-corrected chi connectivity index (χ4v) is 2.30. The van der Waals surface area contributed by atoms with E-state index in [-0.39, 0.29) is 18.7 Å². The smallest absolute Gasteiger partial charge is 0.312 e. The molecule has 1 heterocycles. The average Bonchev–Trinajstić information content (AvgIpc) is 2.28. The van der Waals surface area contributed by atoms with Gasteiger partial charge in [0, 0.05) is 25.2 Å². The molecule has 0 saturated carbocycles. The molecule has 0 aliphatic carbocycles. The number of carbonyl (C=O) groups excluding carboxylic acids is 2. The van der Waals surface area contributed by atoms with Gasteiger partial charge < -0.3 is 15.3 Å². The predicted octanol–water partition coefficient (Wildman–Crippen LogP) is 0.274. The number of amides is 2. The Bertz CT molecular complexity index is 271. The summed E-state index contributed by atoms with van der Waals surface area (Å²) in [6, 6.07) is 0.268. The molecule has 17 heavy (non-hydrogen) atoms. The van der Waals surface area contributed by atoms with Crippen molar-refractivity contribution in [2.24, 2.45) is 0 Å². The van der Waals surface area contributed by atoms with E-state index >= 15 is 0 Å². The van der Waals surface area contributed by atoms with E-state index in [1.54, 1.807) is 4.90 Å². The summed E-state index contributed by atoms with van der Waals surface area (Å²) in [6.45, 7) is 4.33. The first-order valence-electron chi connectivity index (χ1n) is 6.29. The predicted molar refractivity (Wildman–Crippen MR) is 64.3 cm³/mol. The number of rotatable bonds is 3. The highest BCUT2D eigenvalue weighted by atomic mass is 16.3. The maximum absolute atomic E-state index is 12.0. The molecule has 98 valence electrons. The lowest BCUT2D eigenvalue weighted by Gasteiger charge is -2.38. The van der Waals surface area contributed by atoms with Crippen LogP contribution in [0.4, 0.5) is 0 Å². The van der Waals surface area contributed by atoms with E-state index in [9.17, 15) is 9.59 Å². The molecule has 0 bridgehead atoms. The number of aliphatic hydroxyl groups is 1. The van der Waals surface area contributed by atoms with Crippen LogP contribution < -0.4 is 5.32 Å². The lowest BCUT2D eigenvalue weighted by atomic mass is 9.97. The van der Waals surface area contributed by atoms with E-state index in [0.29, 0.717) is 13.0 Å². The maximum Gasteiger partial charge on any atom is 0.312 e. The number of aliphatic hydroxyl groups excluding tert-OH is 1. The first-order chi connectivity index (χ1) is 8.07. The minimum atomic E-state index is -0.556. The van der Waals surface area contributed by atoms with E-state index in [2.05, 4.69) is 5.32 Å². The standard InChI is InChI=1S/C12H22N2O3/c1-9-5-3-6-10(2)14(9)12(17)11(16)13-7-4-8-15/h9-10,15H,3-8H2,1-2H3,(H,13,16). The highest BCUT2D eigenvalue weighted by Gasteiger charge is 2.32. The molecule has 0 radical (unpaired) electrons. The summed E-state index contributed by atoms with van der Waals surface area (Å²) in [5.41, 5.74) is 0. The van der Waals surface area contributed by atoms with E-state index in [1.165, 1.54) is 0 Å². The quantitative estimate of drug-likeness (QED) is 0.551. The van der Waals surface area contributed by atoms with Crippen LogP contribution in [0.15, 0.2) is 0 Å². The van der Waals surface area contributed by atoms with Gasteiger partial charge in [-0.05, 0) is 39.5 Å². The number of piperidine rings is 1. The van der Waals surface area contributed by atoms with Gasteiger partial charge in [-0.1, -0.05) is 0 Å². The number of nitrogens with zero attached hydrogens (tertiary/aromatic N) is 1. The molecule has 1 saturated heterocycles. The summed E-state index contributed by atoms with van der Waals surface area (Å²) in [4.78, 5) is 25.3. The van der Waals surface area contributed by atoms with Crippen molar-refractivity contribution in [2.45, 2.75) is 51.6 Å². The van der Waals surface area contributed by atoms with Gasteiger partial charge in [0.05, 0.1) is 0 Å². The Morgan fingerprint density at radius 3 is 2.41 bits per heavy atom. The second-order valence-corrected chi connectivity index (χ2v) is 4.67. The summed E-state index contributed by atoms with van der Waals surface area (Å²) in [6.07, 6.45) is 3.50. The molecular weight excluding hydrogens is 220 g/mol. The third kappa shape index (κ3) is 3.70. The van der Waals surface area contributed by atoms with Gasteiger partial charge >= 0.3 is 11.8 Å². The fourth-order valence-electron chi connectivity index (χ4n) is 2.30. The molecule has 0 spiro atoms. The zero-order valence-corrected chi connectivity index (χ0v) is 10.6. The van der Waals surface area contributed by atoms with Crippen LogP contribution in [-0.2, 0) is 9.59 Å². The maximum atomic E-state index is 12.0. The average molecular weight is 242 g/mol. The van der Waals surface area contributed by atoms with Gasteiger partial charge in [-0.15, -0.1) is 0 Å². The van der Waals surface area contributed by atoms with Crippen LogP contribution >= 0.6 is 0 Å². The third-order valence-corrected chi connectivity index (χ3v) is 3.24. The highest BCUT2D eigenvalue weighted by molar-refractivity contribution is 6.35. The van der Waals surface area contributed by atoms with Crippen molar-refractivity contribution in [1.82, 2.24) is 10.2 Å². The summed E-state index contributed by atoms with van der Waals surface area (Å²) in [5, 5.41) is 11.1. The molecule has 2 N–H and O–H groups in total. The van der Waals surface area contributed by atoms with Gasteiger partial charge in [-0.2, -0.15) is 0 Å². The number of carbonyl (C=O) groups is 2. The normalized spacial score (nSPS) is 24.5. The molecular formula is C12H22N2O3. The van der Waals surface area contributed by atoms with Crippen LogP contribution in [0.3, 0.4) is 0 Å². The van der Waals surface area contributed by atoms with Crippen molar-refractivity contribution < 1.29 is 14.7 Å². The van der Waals surface area contributed by atoms with Crippen molar-refractivity contribution in [3.05, 3.63) is 0 Å². The SMILES string of the molecule is CC1CCCC(C)N1C(=O)C(=O)NCCCO. The number of likely N-dealkylation sites (tertiary alicyclic amines) is 1. The Balaban J connectivity index is 2.51. The van der Waals surface area contributed by atoms with Gasteiger partial charge in [0.15, 0.2) is 0 Å². The van der Waals surface area contributed by atoms with Crippen molar-refractivity contribution >= 4 is 11.8 Å². The summed E-state index contributed by atoms with van der Waals surface area (Å²) in [7, 11) is 0. The molecule has 0 aromatic heterocycles. The summed E-state index contributed by atoms with van der Waals surface area (Å²) in [5.74, 6) is -0.998. The van der Waals surface area contributed by atoms with Gasteiger partial charge in [-0.25, -0.2) is 0 Å². The van der Waals surface area contributed by atoms with E-state index in [4.69, 9.17) is 5.11 Å². The van der Waals surface area contributed by atoms with Crippen LogP contribution in [0.1, 0.15) is 39.5 Å². The number of nitrogens with one attached hydrogen (secondary N) is 1. The zero-order valence-electron chi connectivity index (χ0n) is 10.6. The minimum Gasteiger partial charge on any atom is -0.396 e. The molecule has 5 nitrogen and oxygen atoms in total. The molecule has 2 atom stereocenters. The van der Waals surface area contributed by atoms with Crippen LogP contribution in [0.5, 0.6) is 0 Å². The van der Waals surface area contributed by atoms with Crippen molar-refractivity contribution in [3.8, 4) is 0 Å². The van der Waals surface area contributed by atoms with Gasteiger partial charge in [0.1, 0.15) is 0 Å². The van der Waals surface area contributed by atoms with Gasteiger partial charge in [0.25, 0.3) is 0 Å². The largest absolute Gasteiger partial charge is 0.396 e. The molecule has 2 unspecified atom stereocenters. The monoisotopic (exact) mass is 242 g/mol. The topological polar surface area (TPSA) is 69.6 Å². The van der Waals surface area contributed by atoms with Crippen molar-refractivity contribution in [1.29, 1.82) is 0 Å². The Hall–Kier alpha value is -1.10. The van der Waals surface area contributed by atoms with Crippen LogP contribution in [0.2, 0.25) is 0 Å². The van der Waals surface area contributed by atoms with E-state index < -0.39 is 11.8 Å². The number of hydrogen-bond donors (Lipinski definition) is 2. The van der Waals surface area contributed by atoms with E-state index in [1.807, 2.05) is 13.8 Å². The first kappa shape index (κ1) is 14.0. The van der Waals surface area contributed by atoms with Crippen LogP contribution in [0, 0.1) is 0 Å². The zero-order chi connectivity index (χ0) is 12.8. The van der Waals surface area contributed by atoms with Crippen molar-refractivity contribution in [3.63, 3.8) is 0 Å². The Kier molecular flexibility index (Phi) is 5.41. The molecule has 2 amide bonds. The second-order valence-electron chi connectivity index (χ2n) is 4.67. The van der Waals surface area contributed by atoms with Gasteiger partial charge in [0.2, 0.25) is 0 Å². The molecule has 5 heteroatoms.